The molecular formula is C23H27N3O5S. The first-order chi connectivity index (χ1) is 15.4. The van der Waals surface area contributed by atoms with Gasteiger partial charge in [-0.2, -0.15) is 4.31 Å². The van der Waals surface area contributed by atoms with Crippen molar-refractivity contribution in [3.8, 4) is 23.0 Å². The maximum absolute atomic E-state index is 13.0. The summed E-state index contributed by atoms with van der Waals surface area (Å²) in [4.78, 5) is 7.15. The molecule has 0 radical (unpaired) electrons. The molecule has 8 nitrogen and oxygen atoms in total. The molecule has 0 bridgehead atoms. The van der Waals surface area contributed by atoms with E-state index >= 15 is 0 Å². The number of sulfonamides is 1. The summed E-state index contributed by atoms with van der Waals surface area (Å²) in [6.07, 6.45) is 0. The Morgan fingerprint density at radius 2 is 1.66 bits per heavy atom. The smallest absolute Gasteiger partial charge is 0.243 e. The lowest BCUT2D eigenvalue weighted by molar-refractivity contribution is 0.179. The summed E-state index contributed by atoms with van der Waals surface area (Å²) in [5.41, 5.74) is 1.65. The molecule has 1 saturated heterocycles. The van der Waals surface area contributed by atoms with Gasteiger partial charge in [-0.25, -0.2) is 13.4 Å². The number of benzene rings is 2. The van der Waals surface area contributed by atoms with Gasteiger partial charge in [-0.1, -0.05) is 12.1 Å². The number of para-hydroxylation sites is 1. The zero-order valence-electron chi connectivity index (χ0n) is 18.4. The SMILES string of the molecule is COc1ccc(S(=O)(=O)N2CCN(Cc3nc(-c4ccccc4OC)oc3C)CC2)cc1. The first-order valence-corrected chi connectivity index (χ1v) is 11.8. The first kappa shape index (κ1) is 22.3. The third-order valence-corrected chi connectivity index (χ3v) is 7.54. The summed E-state index contributed by atoms with van der Waals surface area (Å²) in [5.74, 6) is 2.61. The highest BCUT2D eigenvalue weighted by molar-refractivity contribution is 7.89. The summed E-state index contributed by atoms with van der Waals surface area (Å²) in [5, 5.41) is 0. The summed E-state index contributed by atoms with van der Waals surface area (Å²) in [6.45, 7) is 4.57. The Morgan fingerprint density at radius 1 is 0.969 bits per heavy atom. The molecule has 2 aromatic carbocycles. The Kier molecular flexibility index (Phi) is 6.50. The lowest BCUT2D eigenvalue weighted by Gasteiger charge is -2.33. The molecule has 2 heterocycles. The van der Waals surface area contributed by atoms with Crippen LogP contribution in [0.1, 0.15) is 11.5 Å². The van der Waals surface area contributed by atoms with Crippen LogP contribution in [0.15, 0.2) is 57.8 Å². The molecule has 0 N–H and O–H groups in total. The van der Waals surface area contributed by atoms with Crippen molar-refractivity contribution < 1.29 is 22.3 Å². The fourth-order valence-corrected chi connectivity index (χ4v) is 5.17. The third-order valence-electron chi connectivity index (χ3n) is 5.63. The Morgan fingerprint density at radius 3 is 2.31 bits per heavy atom. The number of oxazole rings is 1. The van der Waals surface area contributed by atoms with E-state index in [-0.39, 0.29) is 4.90 Å². The molecule has 3 aromatic rings. The number of piperazine rings is 1. The molecule has 4 rings (SSSR count). The Bertz CT molecular complexity index is 1170. The fourth-order valence-electron chi connectivity index (χ4n) is 3.75. The topological polar surface area (TPSA) is 85.1 Å². The quantitative estimate of drug-likeness (QED) is 0.539. The zero-order chi connectivity index (χ0) is 22.7. The van der Waals surface area contributed by atoms with Gasteiger partial charge in [0.15, 0.2) is 0 Å². The minimum absolute atomic E-state index is 0.278. The van der Waals surface area contributed by atoms with Gasteiger partial charge in [-0.3, -0.25) is 4.90 Å². The molecule has 0 spiro atoms. The van der Waals surface area contributed by atoms with Gasteiger partial charge in [0.1, 0.15) is 17.3 Å². The van der Waals surface area contributed by atoms with Crippen LogP contribution in [0.3, 0.4) is 0 Å². The molecule has 1 fully saturated rings. The lowest BCUT2D eigenvalue weighted by Crippen LogP contribution is -2.48. The highest BCUT2D eigenvalue weighted by Crippen LogP contribution is 2.30. The molecule has 32 heavy (non-hydrogen) atoms. The number of methoxy groups -OCH3 is 2. The van der Waals surface area contributed by atoms with E-state index in [1.807, 2.05) is 31.2 Å². The van der Waals surface area contributed by atoms with Crippen LogP contribution in [0.2, 0.25) is 0 Å². The molecule has 0 atom stereocenters. The van der Waals surface area contributed by atoms with Crippen LogP contribution >= 0.6 is 0 Å². The van der Waals surface area contributed by atoms with Gasteiger partial charge in [0.2, 0.25) is 15.9 Å². The zero-order valence-corrected chi connectivity index (χ0v) is 19.3. The summed E-state index contributed by atoms with van der Waals surface area (Å²) >= 11 is 0. The number of hydrogen-bond donors (Lipinski definition) is 0. The van der Waals surface area contributed by atoms with E-state index in [4.69, 9.17) is 13.9 Å². The standard InChI is InChI=1S/C23H27N3O5S/c1-17-21(24-23(31-17)20-6-4-5-7-22(20)30-3)16-25-12-14-26(15-13-25)32(27,28)19-10-8-18(29-2)9-11-19/h4-11H,12-16H2,1-3H3. The van der Waals surface area contributed by atoms with Crippen LogP contribution in [0.5, 0.6) is 11.5 Å². The Labute approximate surface area is 188 Å². The molecule has 0 unspecified atom stereocenters. The van der Waals surface area contributed by atoms with E-state index in [0.29, 0.717) is 50.1 Å². The van der Waals surface area contributed by atoms with Crippen LogP contribution in [0.25, 0.3) is 11.5 Å². The lowest BCUT2D eigenvalue weighted by atomic mass is 10.2. The Hall–Kier alpha value is -2.88. The number of hydrogen-bond acceptors (Lipinski definition) is 7. The van der Waals surface area contributed by atoms with Gasteiger partial charge in [0.05, 0.1) is 30.4 Å². The molecule has 1 aliphatic rings. The van der Waals surface area contributed by atoms with Crippen LogP contribution in [0, 0.1) is 6.92 Å². The van der Waals surface area contributed by atoms with Crippen LogP contribution in [-0.2, 0) is 16.6 Å². The number of nitrogens with zero attached hydrogens (tertiary/aromatic N) is 3. The van der Waals surface area contributed by atoms with E-state index < -0.39 is 10.0 Å². The predicted octanol–water partition coefficient (Wildman–Crippen LogP) is 3.17. The van der Waals surface area contributed by atoms with Gasteiger partial charge < -0.3 is 13.9 Å². The first-order valence-electron chi connectivity index (χ1n) is 10.4. The molecule has 170 valence electrons. The van der Waals surface area contributed by atoms with Gasteiger partial charge in [0, 0.05) is 32.7 Å². The van der Waals surface area contributed by atoms with Gasteiger partial charge >= 0.3 is 0 Å². The normalized spacial score (nSPS) is 15.6. The third kappa shape index (κ3) is 4.50. The average molecular weight is 458 g/mol. The number of ether oxygens (including phenoxy) is 2. The fraction of sp³-hybridized carbons (Fsp3) is 0.348. The number of aryl methyl sites for hydroxylation is 1. The van der Waals surface area contributed by atoms with Crippen molar-refractivity contribution in [3.63, 3.8) is 0 Å². The van der Waals surface area contributed by atoms with E-state index in [1.165, 1.54) is 4.31 Å². The van der Waals surface area contributed by atoms with Crippen molar-refractivity contribution in [2.24, 2.45) is 0 Å². The van der Waals surface area contributed by atoms with Crippen LogP contribution in [0.4, 0.5) is 0 Å². The van der Waals surface area contributed by atoms with Gasteiger partial charge in [-0.05, 0) is 43.3 Å². The molecule has 0 saturated carbocycles. The molecule has 0 aliphatic carbocycles. The molecular weight excluding hydrogens is 430 g/mol. The summed E-state index contributed by atoms with van der Waals surface area (Å²) < 4.78 is 43.9. The summed E-state index contributed by atoms with van der Waals surface area (Å²) in [7, 11) is -0.354. The van der Waals surface area contributed by atoms with Crippen molar-refractivity contribution in [3.05, 3.63) is 60.0 Å². The highest BCUT2D eigenvalue weighted by atomic mass is 32.2. The maximum atomic E-state index is 13.0. The van der Waals surface area contributed by atoms with E-state index in [9.17, 15) is 8.42 Å². The minimum atomic E-state index is -3.53. The average Bonchev–Trinajstić information content (AvgIpc) is 3.19. The molecule has 0 amide bonds. The van der Waals surface area contributed by atoms with Crippen LogP contribution in [-0.4, -0.2) is 63.0 Å². The maximum Gasteiger partial charge on any atom is 0.243 e. The van der Waals surface area contributed by atoms with Crippen molar-refractivity contribution >= 4 is 10.0 Å². The largest absolute Gasteiger partial charge is 0.497 e. The monoisotopic (exact) mass is 457 g/mol. The van der Waals surface area contributed by atoms with Crippen molar-refractivity contribution in [1.29, 1.82) is 0 Å². The molecule has 1 aliphatic heterocycles. The second kappa shape index (κ2) is 9.32. The summed E-state index contributed by atoms with van der Waals surface area (Å²) in [6, 6.07) is 14.1. The van der Waals surface area contributed by atoms with E-state index in [1.54, 1.807) is 38.5 Å². The van der Waals surface area contributed by atoms with E-state index in [0.717, 1.165) is 17.0 Å². The van der Waals surface area contributed by atoms with Crippen molar-refractivity contribution in [2.45, 2.75) is 18.4 Å². The van der Waals surface area contributed by atoms with Gasteiger partial charge in [-0.15, -0.1) is 0 Å². The van der Waals surface area contributed by atoms with E-state index in [2.05, 4.69) is 9.88 Å². The van der Waals surface area contributed by atoms with Gasteiger partial charge in [0.25, 0.3) is 0 Å². The number of rotatable bonds is 7. The molecule has 9 heteroatoms. The minimum Gasteiger partial charge on any atom is -0.497 e. The van der Waals surface area contributed by atoms with Crippen molar-refractivity contribution in [2.75, 3.05) is 40.4 Å². The molecule has 1 aromatic heterocycles. The predicted molar refractivity (Wildman–Crippen MR) is 120 cm³/mol. The second-order valence-corrected chi connectivity index (χ2v) is 9.52. The number of aromatic nitrogens is 1. The second-order valence-electron chi connectivity index (χ2n) is 7.58. The highest BCUT2D eigenvalue weighted by Gasteiger charge is 2.29. The van der Waals surface area contributed by atoms with Crippen LogP contribution < -0.4 is 9.47 Å². The Balaban J connectivity index is 1.41. The van der Waals surface area contributed by atoms with Crippen molar-refractivity contribution in [1.82, 2.24) is 14.2 Å².